The molecule has 3 heterocycles. The van der Waals surface area contributed by atoms with Crippen molar-refractivity contribution in [3.63, 3.8) is 0 Å². The van der Waals surface area contributed by atoms with Gasteiger partial charge in [0.05, 0.1) is 29.2 Å². The lowest BCUT2D eigenvalue weighted by Gasteiger charge is -2.29. The summed E-state index contributed by atoms with van der Waals surface area (Å²) in [6.45, 7) is 8.43. The van der Waals surface area contributed by atoms with E-state index in [0.717, 1.165) is 28.1 Å². The Balaban J connectivity index is 1.44. The summed E-state index contributed by atoms with van der Waals surface area (Å²) < 4.78 is 10.5. The molecule has 8 nitrogen and oxygen atoms in total. The number of rotatable bonds is 8. The van der Waals surface area contributed by atoms with Crippen molar-refractivity contribution < 1.29 is 18.8 Å². The molecule has 9 heteroatoms. The van der Waals surface area contributed by atoms with Gasteiger partial charge in [-0.25, -0.2) is 4.98 Å². The van der Waals surface area contributed by atoms with E-state index in [1.165, 1.54) is 7.11 Å². The van der Waals surface area contributed by atoms with Gasteiger partial charge in [-0.05, 0) is 48.9 Å². The number of hydrogen-bond acceptors (Lipinski definition) is 7. The van der Waals surface area contributed by atoms with Crippen LogP contribution in [-0.4, -0.2) is 46.6 Å². The Labute approximate surface area is 209 Å². The largest absolute Gasteiger partial charge is 0.479 e. The van der Waals surface area contributed by atoms with Crippen LogP contribution in [0.1, 0.15) is 62.6 Å². The maximum Gasteiger partial charge on any atom is 0.254 e. The molecule has 2 unspecified atom stereocenters. The number of carbonyl (C=O) groups excluding carboxylic acids is 2. The second-order valence-corrected chi connectivity index (χ2v) is 10.2. The van der Waals surface area contributed by atoms with E-state index in [2.05, 4.69) is 27.6 Å². The van der Waals surface area contributed by atoms with Crippen LogP contribution in [0.5, 0.6) is 5.88 Å². The summed E-state index contributed by atoms with van der Waals surface area (Å²) in [7, 11) is 1.50. The fourth-order valence-corrected chi connectivity index (χ4v) is 5.44. The van der Waals surface area contributed by atoms with Crippen molar-refractivity contribution in [1.82, 2.24) is 20.4 Å². The topological polar surface area (TPSA) is 97.6 Å². The monoisotopic (exact) mass is 496 g/mol. The number of carbonyl (C=O) groups is 2. The third-order valence-electron chi connectivity index (χ3n) is 6.57. The van der Waals surface area contributed by atoms with Crippen LogP contribution in [0, 0.1) is 12.8 Å². The molecule has 1 saturated heterocycles. The Morgan fingerprint density at radius 1 is 1.23 bits per heavy atom. The number of nitrogens with one attached hydrogen (secondary N) is 1. The fourth-order valence-electron chi connectivity index (χ4n) is 4.63. The number of amides is 2. The lowest BCUT2D eigenvalue weighted by atomic mass is 9.91. The Hall–Kier alpha value is -3.20. The predicted octanol–water partition coefficient (Wildman–Crippen LogP) is 4.72. The van der Waals surface area contributed by atoms with Crippen molar-refractivity contribution in [2.24, 2.45) is 5.92 Å². The number of likely N-dealkylation sites (tertiary alicyclic amines) is 1. The third kappa shape index (κ3) is 5.24. The van der Waals surface area contributed by atoms with Crippen LogP contribution in [0.25, 0.3) is 10.4 Å². The molecular weight excluding hydrogens is 464 g/mol. The summed E-state index contributed by atoms with van der Waals surface area (Å²) in [5.41, 5.74) is 4.98. The van der Waals surface area contributed by atoms with Gasteiger partial charge in [-0.1, -0.05) is 38.1 Å². The van der Waals surface area contributed by atoms with Crippen LogP contribution >= 0.6 is 11.3 Å². The second kappa shape index (κ2) is 10.6. The molecule has 0 radical (unpaired) electrons. The minimum atomic E-state index is -0.528. The molecule has 1 aliphatic rings. The van der Waals surface area contributed by atoms with Gasteiger partial charge in [0.25, 0.3) is 5.88 Å². The normalized spacial score (nSPS) is 17.4. The van der Waals surface area contributed by atoms with E-state index in [1.54, 1.807) is 22.3 Å². The first-order valence-corrected chi connectivity index (χ1v) is 12.8. The highest BCUT2D eigenvalue weighted by Crippen LogP contribution is 2.32. The first-order chi connectivity index (χ1) is 16.8. The van der Waals surface area contributed by atoms with Crippen LogP contribution in [0.15, 0.2) is 40.4 Å². The highest BCUT2D eigenvalue weighted by Gasteiger charge is 2.40. The Bertz CT molecular complexity index is 1170. The van der Waals surface area contributed by atoms with E-state index < -0.39 is 12.0 Å². The molecule has 3 aromatic rings. The zero-order valence-electron chi connectivity index (χ0n) is 20.8. The SMILES string of the molecule is COc1cc(C(C(=O)N2CCC[C@H]2C(=O)NC(C)c2ccc(-c3scnc3C)cc2)C(C)C)on1. The Morgan fingerprint density at radius 3 is 2.57 bits per heavy atom. The molecule has 1 fully saturated rings. The summed E-state index contributed by atoms with van der Waals surface area (Å²) >= 11 is 1.62. The smallest absolute Gasteiger partial charge is 0.254 e. The minimum Gasteiger partial charge on any atom is -0.479 e. The number of methoxy groups -OCH3 is 1. The lowest BCUT2D eigenvalue weighted by molar-refractivity contribution is -0.141. The van der Waals surface area contributed by atoms with Crippen LogP contribution in [0.2, 0.25) is 0 Å². The van der Waals surface area contributed by atoms with Gasteiger partial charge >= 0.3 is 0 Å². The molecule has 2 aromatic heterocycles. The van der Waals surface area contributed by atoms with Gasteiger partial charge in [0, 0.05) is 12.6 Å². The van der Waals surface area contributed by atoms with Crippen LogP contribution in [-0.2, 0) is 9.59 Å². The minimum absolute atomic E-state index is 0.0240. The third-order valence-corrected chi connectivity index (χ3v) is 7.55. The zero-order chi connectivity index (χ0) is 25.1. The van der Waals surface area contributed by atoms with E-state index in [1.807, 2.05) is 45.3 Å². The summed E-state index contributed by atoms with van der Waals surface area (Å²) in [6.07, 6.45) is 1.42. The van der Waals surface area contributed by atoms with E-state index in [-0.39, 0.29) is 23.8 Å². The summed E-state index contributed by atoms with van der Waals surface area (Å²) in [5.74, 6) is -0.0159. The van der Waals surface area contributed by atoms with Gasteiger partial charge in [0.1, 0.15) is 12.0 Å². The van der Waals surface area contributed by atoms with Crippen LogP contribution in [0.4, 0.5) is 0 Å². The highest BCUT2D eigenvalue weighted by molar-refractivity contribution is 7.13. The number of hydrogen-bond donors (Lipinski definition) is 1. The number of nitrogens with zero attached hydrogens (tertiary/aromatic N) is 3. The number of aryl methyl sites for hydroxylation is 1. The maximum atomic E-state index is 13.5. The van der Waals surface area contributed by atoms with Crippen LogP contribution in [0.3, 0.4) is 0 Å². The Morgan fingerprint density at radius 2 is 1.97 bits per heavy atom. The van der Waals surface area contributed by atoms with Crippen molar-refractivity contribution in [2.45, 2.75) is 58.5 Å². The molecule has 0 saturated carbocycles. The molecule has 3 atom stereocenters. The van der Waals surface area contributed by atoms with E-state index >= 15 is 0 Å². The fraction of sp³-hybridized carbons (Fsp3) is 0.462. The van der Waals surface area contributed by atoms with Gasteiger partial charge in [-0.3, -0.25) is 9.59 Å². The summed E-state index contributed by atoms with van der Waals surface area (Å²) in [6, 6.07) is 9.14. The van der Waals surface area contributed by atoms with Gasteiger partial charge in [-0.2, -0.15) is 0 Å². The molecule has 186 valence electrons. The first-order valence-electron chi connectivity index (χ1n) is 11.9. The lowest BCUT2D eigenvalue weighted by Crippen LogP contribution is -2.48. The van der Waals surface area contributed by atoms with Crippen molar-refractivity contribution in [3.05, 3.63) is 52.9 Å². The average Bonchev–Trinajstić information content (AvgIpc) is 3.60. The molecule has 1 aromatic carbocycles. The average molecular weight is 497 g/mol. The molecular formula is C26H32N4O4S. The van der Waals surface area contributed by atoms with Crippen molar-refractivity contribution in [2.75, 3.05) is 13.7 Å². The molecule has 1 N–H and O–H groups in total. The first kappa shape index (κ1) is 24.9. The summed E-state index contributed by atoms with van der Waals surface area (Å²) in [4.78, 5) is 34.0. The van der Waals surface area contributed by atoms with E-state index in [9.17, 15) is 9.59 Å². The number of benzene rings is 1. The van der Waals surface area contributed by atoms with Crippen molar-refractivity contribution in [3.8, 4) is 16.3 Å². The maximum absolute atomic E-state index is 13.5. The number of thiazole rings is 1. The van der Waals surface area contributed by atoms with Gasteiger partial charge in [-0.15, -0.1) is 11.3 Å². The predicted molar refractivity (Wildman–Crippen MR) is 134 cm³/mol. The molecule has 2 amide bonds. The second-order valence-electron chi connectivity index (χ2n) is 9.30. The summed E-state index contributed by atoms with van der Waals surface area (Å²) in [5, 5.41) is 6.96. The molecule has 0 aliphatic carbocycles. The number of aromatic nitrogens is 2. The quantitative estimate of drug-likeness (QED) is 0.485. The zero-order valence-corrected chi connectivity index (χ0v) is 21.6. The Kier molecular flexibility index (Phi) is 7.54. The van der Waals surface area contributed by atoms with Gasteiger partial charge in [0.2, 0.25) is 11.8 Å². The van der Waals surface area contributed by atoms with Crippen molar-refractivity contribution in [1.29, 1.82) is 0 Å². The van der Waals surface area contributed by atoms with Gasteiger partial charge in [0.15, 0.2) is 5.76 Å². The molecule has 0 bridgehead atoms. The molecule has 0 spiro atoms. The molecule has 1 aliphatic heterocycles. The molecule has 4 rings (SSSR count). The number of ether oxygens (including phenoxy) is 1. The van der Waals surface area contributed by atoms with E-state index in [4.69, 9.17) is 9.26 Å². The van der Waals surface area contributed by atoms with Crippen molar-refractivity contribution >= 4 is 23.2 Å². The molecule has 35 heavy (non-hydrogen) atoms. The van der Waals surface area contributed by atoms with Crippen LogP contribution < -0.4 is 10.1 Å². The van der Waals surface area contributed by atoms with E-state index in [0.29, 0.717) is 24.6 Å². The standard InChI is InChI=1S/C26H32N4O4S/c1-15(2)23(21-13-22(33-5)29-34-21)26(32)30-12-6-7-20(30)25(31)28-16(3)18-8-10-19(11-9-18)24-17(4)27-14-35-24/h8-11,13-16,20,23H,6-7,12H2,1-5H3,(H,28,31)/t16?,20-,23?/m0/s1. The van der Waals surface area contributed by atoms with Gasteiger partial charge < -0.3 is 19.5 Å². The highest BCUT2D eigenvalue weighted by atomic mass is 32.1.